The van der Waals surface area contributed by atoms with E-state index < -0.39 is 29.2 Å². The molecular weight excluding hydrogens is 273 g/mol. The fourth-order valence-electron chi connectivity index (χ4n) is 2.26. The Labute approximate surface area is 112 Å². The number of carboxylic acid groups (broad SMARTS) is 1. The first-order valence-electron chi connectivity index (χ1n) is 5.72. The zero-order chi connectivity index (χ0) is 13.7. The Bertz CT molecular complexity index is 755. The van der Waals surface area contributed by atoms with Crippen LogP contribution in [0.3, 0.4) is 0 Å². The average Bonchev–Trinajstić information content (AvgIpc) is 3.06. The molecule has 0 amide bonds. The maximum Gasteiger partial charge on any atom is 0.342 e. The molecule has 1 aliphatic carbocycles. The fraction of sp³-hybridized carbons (Fsp3) is 0.231. The summed E-state index contributed by atoms with van der Waals surface area (Å²) in [7, 11) is 0. The summed E-state index contributed by atoms with van der Waals surface area (Å²) in [4.78, 5) is 23.3. The SMILES string of the molecule is O=C(O)c1c(Cl)n([C@@H]2C[C@@H]2F)c2ccccc2c1=O. The smallest absolute Gasteiger partial charge is 0.342 e. The molecule has 0 spiro atoms. The number of pyridine rings is 1. The van der Waals surface area contributed by atoms with Crippen molar-refractivity contribution in [3.05, 3.63) is 45.2 Å². The number of hydrogen-bond acceptors (Lipinski definition) is 2. The van der Waals surface area contributed by atoms with Crippen LogP contribution < -0.4 is 5.43 Å². The minimum Gasteiger partial charge on any atom is -0.477 e. The third-order valence-corrected chi connectivity index (χ3v) is 3.65. The van der Waals surface area contributed by atoms with E-state index >= 15 is 0 Å². The highest BCUT2D eigenvalue weighted by atomic mass is 35.5. The van der Waals surface area contributed by atoms with Crippen LogP contribution in [-0.2, 0) is 0 Å². The number of aromatic nitrogens is 1. The second-order valence-corrected chi connectivity index (χ2v) is 4.86. The second kappa shape index (κ2) is 4.06. The number of hydrogen-bond donors (Lipinski definition) is 1. The molecule has 19 heavy (non-hydrogen) atoms. The summed E-state index contributed by atoms with van der Waals surface area (Å²) in [5.74, 6) is -1.40. The van der Waals surface area contributed by atoms with Crippen LogP contribution in [0.25, 0.3) is 10.9 Å². The Morgan fingerprint density at radius 1 is 1.42 bits per heavy atom. The lowest BCUT2D eigenvalue weighted by Crippen LogP contribution is -2.20. The predicted octanol–water partition coefficient (Wildman–Crippen LogP) is 2.64. The van der Waals surface area contributed by atoms with Crippen molar-refractivity contribution in [2.75, 3.05) is 0 Å². The summed E-state index contributed by atoms with van der Waals surface area (Å²) < 4.78 is 14.7. The molecule has 0 unspecified atom stereocenters. The van der Waals surface area contributed by atoms with Crippen LogP contribution in [0.5, 0.6) is 0 Å². The molecule has 98 valence electrons. The van der Waals surface area contributed by atoms with Gasteiger partial charge >= 0.3 is 5.97 Å². The van der Waals surface area contributed by atoms with Crippen molar-refractivity contribution in [1.82, 2.24) is 4.57 Å². The number of halogens is 2. The zero-order valence-corrected chi connectivity index (χ0v) is 10.4. The molecule has 0 aliphatic heterocycles. The predicted molar refractivity (Wildman–Crippen MR) is 68.7 cm³/mol. The molecule has 3 rings (SSSR count). The highest BCUT2D eigenvalue weighted by molar-refractivity contribution is 6.33. The van der Waals surface area contributed by atoms with Crippen molar-refractivity contribution in [1.29, 1.82) is 0 Å². The van der Waals surface area contributed by atoms with Crippen LogP contribution in [0.15, 0.2) is 29.1 Å². The van der Waals surface area contributed by atoms with E-state index in [0.717, 1.165) is 0 Å². The summed E-state index contributed by atoms with van der Waals surface area (Å²) in [5.41, 5.74) is -0.674. The third kappa shape index (κ3) is 1.73. The molecule has 4 nitrogen and oxygen atoms in total. The van der Waals surface area contributed by atoms with Crippen molar-refractivity contribution >= 4 is 28.5 Å². The van der Waals surface area contributed by atoms with Crippen LogP contribution in [0, 0.1) is 0 Å². The summed E-state index contributed by atoms with van der Waals surface area (Å²) in [6.07, 6.45) is -0.767. The number of carboxylic acids is 1. The van der Waals surface area contributed by atoms with Gasteiger partial charge in [-0.15, -0.1) is 0 Å². The van der Waals surface area contributed by atoms with Crippen molar-refractivity contribution in [3.63, 3.8) is 0 Å². The number of para-hydroxylation sites is 1. The van der Waals surface area contributed by atoms with Crippen molar-refractivity contribution in [3.8, 4) is 0 Å². The number of aromatic carboxylic acids is 1. The molecule has 1 N–H and O–H groups in total. The van der Waals surface area contributed by atoms with Gasteiger partial charge in [-0.05, 0) is 12.1 Å². The van der Waals surface area contributed by atoms with E-state index in [2.05, 4.69) is 0 Å². The number of alkyl halides is 1. The quantitative estimate of drug-likeness (QED) is 0.861. The highest BCUT2D eigenvalue weighted by Gasteiger charge is 2.41. The molecule has 2 atom stereocenters. The van der Waals surface area contributed by atoms with E-state index in [1.165, 1.54) is 10.6 Å². The van der Waals surface area contributed by atoms with Gasteiger partial charge in [0.15, 0.2) is 0 Å². The van der Waals surface area contributed by atoms with E-state index in [0.29, 0.717) is 5.52 Å². The molecule has 1 fully saturated rings. The van der Waals surface area contributed by atoms with Crippen LogP contribution in [-0.4, -0.2) is 21.8 Å². The Balaban J connectivity index is 2.46. The van der Waals surface area contributed by atoms with Crippen LogP contribution >= 0.6 is 11.6 Å². The Hall–Kier alpha value is -1.88. The van der Waals surface area contributed by atoms with E-state index in [-0.39, 0.29) is 17.0 Å². The van der Waals surface area contributed by atoms with Gasteiger partial charge in [0.25, 0.3) is 0 Å². The molecule has 1 heterocycles. The maximum absolute atomic E-state index is 13.3. The Morgan fingerprint density at radius 2 is 2.05 bits per heavy atom. The summed E-state index contributed by atoms with van der Waals surface area (Å²) in [6, 6.07) is 6.00. The zero-order valence-electron chi connectivity index (χ0n) is 9.64. The standard InChI is InChI=1S/C13H9ClFNO3/c14-12-10(13(18)19)11(17)6-3-1-2-4-8(6)16(12)9-5-7(9)15/h1-4,7,9H,5H2,(H,18,19)/t7-,9+/m0/s1. The molecule has 6 heteroatoms. The molecule has 1 aliphatic rings. The van der Waals surface area contributed by atoms with Gasteiger partial charge in [0, 0.05) is 11.8 Å². The average molecular weight is 282 g/mol. The van der Waals surface area contributed by atoms with Gasteiger partial charge in [-0.1, -0.05) is 23.7 Å². The van der Waals surface area contributed by atoms with Gasteiger partial charge in [0.2, 0.25) is 5.43 Å². The van der Waals surface area contributed by atoms with Crippen molar-refractivity contribution in [2.45, 2.75) is 18.6 Å². The fourth-order valence-corrected chi connectivity index (χ4v) is 2.64. The summed E-state index contributed by atoms with van der Waals surface area (Å²) >= 11 is 6.00. The summed E-state index contributed by atoms with van der Waals surface area (Å²) in [5, 5.41) is 9.14. The lowest BCUT2D eigenvalue weighted by Gasteiger charge is -2.14. The van der Waals surface area contributed by atoms with E-state index in [1.807, 2.05) is 0 Å². The van der Waals surface area contributed by atoms with Crippen molar-refractivity contribution in [2.24, 2.45) is 0 Å². The van der Waals surface area contributed by atoms with E-state index in [9.17, 15) is 14.0 Å². The third-order valence-electron chi connectivity index (χ3n) is 3.28. The number of nitrogens with zero attached hydrogens (tertiary/aromatic N) is 1. The van der Waals surface area contributed by atoms with Gasteiger partial charge < -0.3 is 9.67 Å². The minimum atomic E-state index is -1.40. The molecule has 1 saturated carbocycles. The minimum absolute atomic E-state index is 0.207. The molecule has 1 aromatic carbocycles. The molecule has 0 saturated heterocycles. The molecule has 2 aromatic rings. The first-order chi connectivity index (χ1) is 9.02. The van der Waals surface area contributed by atoms with Gasteiger partial charge in [0.1, 0.15) is 16.9 Å². The van der Waals surface area contributed by atoms with E-state index in [4.69, 9.17) is 16.7 Å². The van der Waals surface area contributed by atoms with Crippen molar-refractivity contribution < 1.29 is 14.3 Å². The Kier molecular flexibility index (Phi) is 2.60. The Morgan fingerprint density at radius 3 is 2.63 bits per heavy atom. The van der Waals surface area contributed by atoms with Crippen LogP contribution in [0.1, 0.15) is 22.8 Å². The molecule has 0 bridgehead atoms. The van der Waals surface area contributed by atoms with Gasteiger partial charge in [-0.25, -0.2) is 9.18 Å². The topological polar surface area (TPSA) is 59.3 Å². The molecule has 0 radical (unpaired) electrons. The van der Waals surface area contributed by atoms with Crippen LogP contribution in [0.2, 0.25) is 5.15 Å². The molecular formula is C13H9ClFNO3. The number of rotatable bonds is 2. The van der Waals surface area contributed by atoms with Gasteiger partial charge in [-0.3, -0.25) is 4.79 Å². The summed E-state index contributed by atoms with van der Waals surface area (Å²) in [6.45, 7) is 0. The lowest BCUT2D eigenvalue weighted by atomic mass is 10.1. The van der Waals surface area contributed by atoms with E-state index in [1.54, 1.807) is 18.2 Å². The largest absolute Gasteiger partial charge is 0.477 e. The van der Waals surface area contributed by atoms with Gasteiger partial charge in [0.05, 0.1) is 11.6 Å². The first-order valence-corrected chi connectivity index (χ1v) is 6.10. The number of fused-ring (bicyclic) bond motifs is 1. The molecule has 1 aromatic heterocycles. The monoisotopic (exact) mass is 281 g/mol. The lowest BCUT2D eigenvalue weighted by molar-refractivity contribution is 0.0695. The first kappa shape index (κ1) is 12.2. The van der Waals surface area contributed by atoms with Gasteiger partial charge in [-0.2, -0.15) is 0 Å². The second-order valence-electron chi connectivity index (χ2n) is 4.51. The highest BCUT2D eigenvalue weighted by Crippen LogP contribution is 2.42. The maximum atomic E-state index is 13.3. The number of carbonyl (C=O) groups is 1. The normalized spacial score (nSPS) is 21.6. The van der Waals surface area contributed by atoms with Crippen LogP contribution in [0.4, 0.5) is 4.39 Å². The number of benzene rings is 1.